The Morgan fingerprint density at radius 2 is 2.15 bits per heavy atom. The number of benzene rings is 1. The first kappa shape index (κ1) is 18.4. The molecule has 3 rings (SSSR count). The monoisotopic (exact) mass is 371 g/mol. The fourth-order valence-corrected chi connectivity index (χ4v) is 3.84. The van der Waals surface area contributed by atoms with Gasteiger partial charge < -0.3 is 15.0 Å². The first-order valence-electron chi connectivity index (χ1n) is 8.40. The molecule has 6 nitrogen and oxygen atoms in total. The fraction of sp³-hybridized carbons (Fsp3) is 0.316. The average molecular weight is 371 g/mol. The lowest BCUT2D eigenvalue weighted by atomic mass is 10.1. The highest BCUT2D eigenvalue weighted by molar-refractivity contribution is 7.99. The number of ether oxygens (including phenoxy) is 1. The Hall–Kier alpha value is -2.38. The number of rotatable bonds is 5. The molecule has 0 atom stereocenters. The summed E-state index contributed by atoms with van der Waals surface area (Å²) in [5.74, 6) is -0.245. The molecule has 1 aliphatic rings. The third kappa shape index (κ3) is 3.59. The van der Waals surface area contributed by atoms with Crippen molar-refractivity contribution in [1.82, 2.24) is 10.3 Å². The zero-order chi connectivity index (χ0) is 18.7. The zero-order valence-corrected chi connectivity index (χ0v) is 15.8. The molecule has 1 aromatic carbocycles. The molecule has 2 aromatic rings. The van der Waals surface area contributed by atoms with Crippen LogP contribution in [0.1, 0.15) is 34.6 Å². The molecule has 1 aromatic heterocycles. The van der Waals surface area contributed by atoms with E-state index in [1.165, 1.54) is 11.8 Å². The lowest BCUT2D eigenvalue weighted by molar-refractivity contribution is 0.0936. The minimum absolute atomic E-state index is 0.0191. The molecule has 136 valence electrons. The maximum Gasteiger partial charge on any atom is 0.261 e. The lowest BCUT2D eigenvalue weighted by Gasteiger charge is -2.27. The van der Waals surface area contributed by atoms with Crippen LogP contribution in [-0.2, 0) is 4.74 Å². The Kier molecular flexibility index (Phi) is 5.58. The highest BCUT2D eigenvalue weighted by atomic mass is 32.2. The number of fused-ring (bicyclic) bond motifs is 2. The van der Waals surface area contributed by atoms with Gasteiger partial charge in [0.25, 0.3) is 11.8 Å². The van der Waals surface area contributed by atoms with Crippen molar-refractivity contribution in [2.75, 3.05) is 25.2 Å². The topological polar surface area (TPSA) is 71.5 Å². The molecule has 2 heterocycles. The van der Waals surface area contributed by atoms with Crippen molar-refractivity contribution in [3.05, 3.63) is 47.7 Å². The van der Waals surface area contributed by atoms with E-state index < -0.39 is 0 Å². The van der Waals surface area contributed by atoms with Crippen molar-refractivity contribution in [2.24, 2.45) is 0 Å². The van der Waals surface area contributed by atoms with Gasteiger partial charge in [-0.25, -0.2) is 4.98 Å². The van der Waals surface area contributed by atoms with E-state index >= 15 is 0 Å². The van der Waals surface area contributed by atoms with Crippen molar-refractivity contribution in [3.63, 3.8) is 0 Å². The Morgan fingerprint density at radius 3 is 2.88 bits per heavy atom. The Morgan fingerprint density at radius 1 is 1.35 bits per heavy atom. The number of hydrogen-bond donors (Lipinski definition) is 1. The number of carbonyl (C=O) groups excluding carboxylic acids is 2. The fourth-order valence-electron chi connectivity index (χ4n) is 2.80. The molecule has 0 spiro atoms. The predicted octanol–water partition coefficient (Wildman–Crippen LogP) is 2.98. The van der Waals surface area contributed by atoms with Crippen LogP contribution < -0.4 is 10.2 Å². The second-order valence-corrected chi connectivity index (χ2v) is 7.19. The number of aromatic nitrogens is 1. The minimum Gasteiger partial charge on any atom is -0.383 e. The molecule has 1 N–H and O–H groups in total. The van der Waals surface area contributed by atoms with Crippen LogP contribution in [0.5, 0.6) is 0 Å². The standard InChI is InChI=1S/C19H21N3O3S/c1-12(2)22-15-7-6-13(17(23)20-9-10-25-3)11-16(15)26-18-14(19(22)24)5-4-8-21-18/h4-8,11-12H,9-10H2,1-3H3,(H,20,23). The SMILES string of the molecule is COCCNC(=O)c1ccc2c(c1)Sc1ncccc1C(=O)N2C(C)C. The van der Waals surface area contributed by atoms with E-state index in [4.69, 9.17) is 4.74 Å². The largest absolute Gasteiger partial charge is 0.383 e. The smallest absolute Gasteiger partial charge is 0.261 e. The highest BCUT2D eigenvalue weighted by Crippen LogP contribution is 2.41. The average Bonchev–Trinajstić information content (AvgIpc) is 2.75. The summed E-state index contributed by atoms with van der Waals surface area (Å²) in [5.41, 5.74) is 1.91. The van der Waals surface area contributed by atoms with Gasteiger partial charge in [0.05, 0.1) is 17.9 Å². The molecule has 0 fully saturated rings. The van der Waals surface area contributed by atoms with Crippen LogP contribution in [0.2, 0.25) is 0 Å². The maximum absolute atomic E-state index is 13.0. The Bertz CT molecular complexity index is 839. The van der Waals surface area contributed by atoms with Gasteiger partial charge in [-0.05, 0) is 44.2 Å². The second kappa shape index (κ2) is 7.88. The summed E-state index contributed by atoms with van der Waals surface area (Å²) >= 11 is 1.41. The molecule has 1 aliphatic heterocycles. The number of nitrogens with zero attached hydrogens (tertiary/aromatic N) is 2. The van der Waals surface area contributed by atoms with Gasteiger partial charge in [-0.3, -0.25) is 9.59 Å². The number of amides is 2. The molecule has 0 aliphatic carbocycles. The quantitative estimate of drug-likeness (QED) is 0.818. The van der Waals surface area contributed by atoms with Crippen molar-refractivity contribution < 1.29 is 14.3 Å². The van der Waals surface area contributed by atoms with Gasteiger partial charge in [0.15, 0.2) is 0 Å². The molecule has 7 heteroatoms. The van der Waals surface area contributed by atoms with Crippen LogP contribution in [0.25, 0.3) is 0 Å². The van der Waals surface area contributed by atoms with E-state index in [1.54, 1.807) is 36.4 Å². The summed E-state index contributed by atoms with van der Waals surface area (Å²) in [6.45, 7) is 4.84. The molecule has 0 bridgehead atoms. The second-order valence-electron chi connectivity index (χ2n) is 6.16. The molecule has 0 saturated heterocycles. The molecule has 26 heavy (non-hydrogen) atoms. The van der Waals surface area contributed by atoms with Crippen LogP contribution >= 0.6 is 11.8 Å². The van der Waals surface area contributed by atoms with E-state index in [0.29, 0.717) is 29.3 Å². The predicted molar refractivity (Wildman–Crippen MR) is 101 cm³/mol. The van der Waals surface area contributed by atoms with Crippen molar-refractivity contribution in [3.8, 4) is 0 Å². The summed E-state index contributed by atoms with van der Waals surface area (Å²) in [5, 5.41) is 3.47. The third-order valence-electron chi connectivity index (χ3n) is 4.02. The lowest BCUT2D eigenvalue weighted by Crippen LogP contribution is -2.37. The zero-order valence-electron chi connectivity index (χ0n) is 15.0. The Balaban J connectivity index is 2.01. The molecule has 0 unspecified atom stereocenters. The third-order valence-corrected chi connectivity index (χ3v) is 5.08. The number of hydrogen-bond acceptors (Lipinski definition) is 5. The number of methoxy groups -OCH3 is 1. The van der Waals surface area contributed by atoms with Crippen LogP contribution in [0.4, 0.5) is 5.69 Å². The van der Waals surface area contributed by atoms with Gasteiger partial charge in [-0.15, -0.1) is 0 Å². The number of nitrogens with one attached hydrogen (secondary N) is 1. The van der Waals surface area contributed by atoms with Gasteiger partial charge in [0.1, 0.15) is 5.03 Å². The van der Waals surface area contributed by atoms with Crippen LogP contribution in [-0.4, -0.2) is 43.1 Å². The van der Waals surface area contributed by atoms with Gasteiger partial charge in [-0.1, -0.05) is 11.8 Å². The Labute approximate surface area is 156 Å². The van der Waals surface area contributed by atoms with Crippen LogP contribution in [0, 0.1) is 0 Å². The number of anilines is 1. The van der Waals surface area contributed by atoms with Crippen molar-refractivity contribution >= 4 is 29.3 Å². The van der Waals surface area contributed by atoms with E-state index in [2.05, 4.69) is 10.3 Å². The van der Waals surface area contributed by atoms with Gasteiger partial charge in [0, 0.05) is 36.4 Å². The summed E-state index contributed by atoms with van der Waals surface area (Å²) in [6, 6.07) is 8.92. The first-order valence-corrected chi connectivity index (χ1v) is 9.22. The summed E-state index contributed by atoms with van der Waals surface area (Å²) in [4.78, 5) is 32.3. The van der Waals surface area contributed by atoms with Crippen LogP contribution in [0.3, 0.4) is 0 Å². The number of pyridine rings is 1. The maximum atomic E-state index is 13.0. The van der Waals surface area contributed by atoms with Crippen molar-refractivity contribution in [2.45, 2.75) is 29.8 Å². The van der Waals surface area contributed by atoms with E-state index in [9.17, 15) is 9.59 Å². The molecular weight excluding hydrogens is 350 g/mol. The molecule has 0 radical (unpaired) electrons. The normalized spacial score (nSPS) is 13.2. The van der Waals surface area contributed by atoms with Crippen LogP contribution in [0.15, 0.2) is 46.5 Å². The first-order chi connectivity index (χ1) is 12.5. The summed E-state index contributed by atoms with van der Waals surface area (Å²) < 4.78 is 4.96. The number of carbonyl (C=O) groups is 2. The summed E-state index contributed by atoms with van der Waals surface area (Å²) in [6.07, 6.45) is 1.67. The highest BCUT2D eigenvalue weighted by Gasteiger charge is 2.30. The molecule has 2 amide bonds. The molecular formula is C19H21N3O3S. The molecule has 0 saturated carbocycles. The van der Waals surface area contributed by atoms with E-state index in [-0.39, 0.29) is 17.9 Å². The van der Waals surface area contributed by atoms with Crippen molar-refractivity contribution in [1.29, 1.82) is 0 Å². The van der Waals surface area contributed by atoms with E-state index in [0.717, 1.165) is 10.6 Å². The van der Waals surface area contributed by atoms with Gasteiger partial charge >= 0.3 is 0 Å². The minimum atomic E-state index is -0.168. The van der Waals surface area contributed by atoms with E-state index in [1.807, 2.05) is 26.0 Å². The van der Waals surface area contributed by atoms with Gasteiger partial charge in [-0.2, -0.15) is 0 Å². The van der Waals surface area contributed by atoms with Gasteiger partial charge in [0.2, 0.25) is 0 Å². The summed E-state index contributed by atoms with van der Waals surface area (Å²) in [7, 11) is 1.59.